The minimum absolute atomic E-state index is 0.0236. The van der Waals surface area contributed by atoms with Crippen LogP contribution >= 0.6 is 0 Å². The summed E-state index contributed by atoms with van der Waals surface area (Å²) in [6, 6.07) is 1.40. The molecule has 2 aromatic heterocycles. The van der Waals surface area contributed by atoms with Crippen molar-refractivity contribution in [3.8, 4) is 17.0 Å². The number of nitrogens with zero attached hydrogens (tertiary/aromatic N) is 3. The van der Waals surface area contributed by atoms with Crippen LogP contribution in [0.25, 0.3) is 11.1 Å². The molecule has 1 saturated heterocycles. The van der Waals surface area contributed by atoms with Crippen molar-refractivity contribution in [3.63, 3.8) is 0 Å². The minimum atomic E-state index is -0.914. The van der Waals surface area contributed by atoms with Gasteiger partial charge in [0.25, 0.3) is 0 Å². The van der Waals surface area contributed by atoms with Crippen molar-refractivity contribution in [2.45, 2.75) is 53.9 Å². The Balaban J connectivity index is 2.05. The summed E-state index contributed by atoms with van der Waals surface area (Å²) >= 11 is 0. The number of rotatable bonds is 7. The van der Waals surface area contributed by atoms with Crippen molar-refractivity contribution >= 4 is 11.7 Å². The number of pyridine rings is 2. The number of aliphatic carboxylic acids is 1. The third kappa shape index (κ3) is 5.51. The zero-order chi connectivity index (χ0) is 22.8. The second-order valence-corrected chi connectivity index (χ2v) is 9.52. The van der Waals surface area contributed by atoms with Gasteiger partial charge in [0.2, 0.25) is 5.88 Å². The Morgan fingerprint density at radius 3 is 2.52 bits per heavy atom. The third-order valence-electron chi connectivity index (χ3n) is 5.80. The highest BCUT2D eigenvalue weighted by atomic mass is 19.1. The van der Waals surface area contributed by atoms with Gasteiger partial charge in [0.05, 0.1) is 18.7 Å². The summed E-state index contributed by atoms with van der Waals surface area (Å²) in [6.07, 6.45) is 5.13. The molecule has 3 rings (SSSR count). The van der Waals surface area contributed by atoms with Gasteiger partial charge in [-0.05, 0) is 37.2 Å². The van der Waals surface area contributed by atoms with Gasteiger partial charge in [0.1, 0.15) is 0 Å². The normalized spacial score (nSPS) is 15.9. The number of anilines is 1. The maximum Gasteiger partial charge on any atom is 0.307 e. The molecular weight excluding hydrogens is 397 g/mol. The molecule has 0 saturated carbocycles. The number of carboxylic acid groups (broad SMARTS) is 1. The lowest BCUT2D eigenvalue weighted by atomic mass is 9.82. The van der Waals surface area contributed by atoms with Crippen LogP contribution in [0.1, 0.15) is 51.8 Å². The Morgan fingerprint density at radius 2 is 1.94 bits per heavy atom. The molecule has 31 heavy (non-hydrogen) atoms. The number of aryl methyl sites for hydroxylation is 1. The van der Waals surface area contributed by atoms with Crippen molar-refractivity contribution in [1.29, 1.82) is 0 Å². The molecule has 1 aliphatic rings. The third-order valence-corrected chi connectivity index (χ3v) is 5.80. The maximum absolute atomic E-state index is 14.7. The van der Waals surface area contributed by atoms with Crippen molar-refractivity contribution < 1.29 is 19.0 Å². The summed E-state index contributed by atoms with van der Waals surface area (Å²) in [7, 11) is 0. The summed E-state index contributed by atoms with van der Waals surface area (Å²) in [6.45, 7) is 12.3. The molecule has 0 amide bonds. The highest BCUT2D eigenvalue weighted by Crippen LogP contribution is 2.40. The molecule has 0 spiro atoms. The van der Waals surface area contributed by atoms with Gasteiger partial charge in [-0.15, -0.1) is 0 Å². The molecule has 6 nitrogen and oxygen atoms in total. The molecule has 1 N–H and O–H groups in total. The van der Waals surface area contributed by atoms with Crippen LogP contribution in [-0.4, -0.2) is 40.7 Å². The second-order valence-electron chi connectivity index (χ2n) is 9.52. The Kier molecular flexibility index (Phi) is 6.82. The van der Waals surface area contributed by atoms with Crippen LogP contribution in [0, 0.1) is 24.1 Å². The van der Waals surface area contributed by atoms with Gasteiger partial charge in [-0.3, -0.25) is 9.78 Å². The predicted octanol–water partition coefficient (Wildman–Crippen LogP) is 4.88. The molecule has 0 radical (unpaired) electrons. The predicted molar refractivity (Wildman–Crippen MR) is 119 cm³/mol. The van der Waals surface area contributed by atoms with Crippen LogP contribution in [0.15, 0.2) is 18.5 Å². The van der Waals surface area contributed by atoms with Gasteiger partial charge in [0.15, 0.2) is 5.82 Å². The molecule has 0 atom stereocenters. The van der Waals surface area contributed by atoms with E-state index < -0.39 is 11.8 Å². The first-order valence-electron chi connectivity index (χ1n) is 10.8. The lowest BCUT2D eigenvalue weighted by Crippen LogP contribution is -2.38. The first-order valence-corrected chi connectivity index (χ1v) is 10.8. The highest BCUT2D eigenvalue weighted by Gasteiger charge is 2.29. The van der Waals surface area contributed by atoms with E-state index in [4.69, 9.17) is 4.74 Å². The standard InChI is InChI=1S/C24H32FN3O3/c1-15(2)14-31-23-20(25)10-17(12-27-23)19-13-26-16(3)18(11-21(29)30)22(19)28-8-6-24(4,5)7-9-28/h10,12-13,15H,6-9,11,14H2,1-5H3,(H,29,30). The van der Waals surface area contributed by atoms with Crippen LogP contribution < -0.4 is 9.64 Å². The zero-order valence-electron chi connectivity index (χ0n) is 19.0. The number of carbonyl (C=O) groups is 1. The van der Waals surface area contributed by atoms with Gasteiger partial charge in [-0.25, -0.2) is 9.37 Å². The molecule has 168 valence electrons. The fourth-order valence-electron chi connectivity index (χ4n) is 3.83. The maximum atomic E-state index is 14.7. The molecule has 3 heterocycles. The summed E-state index contributed by atoms with van der Waals surface area (Å²) in [5.74, 6) is -1.22. The van der Waals surface area contributed by atoms with Crippen molar-refractivity contribution in [2.75, 3.05) is 24.6 Å². The van der Waals surface area contributed by atoms with E-state index in [0.29, 0.717) is 29.0 Å². The minimum Gasteiger partial charge on any atom is -0.481 e. The quantitative estimate of drug-likeness (QED) is 0.676. The Morgan fingerprint density at radius 1 is 1.26 bits per heavy atom. The van der Waals surface area contributed by atoms with Gasteiger partial charge < -0.3 is 14.7 Å². The SMILES string of the molecule is Cc1ncc(-c2cnc(OCC(C)C)c(F)c2)c(N2CCC(C)(C)CC2)c1CC(=O)O. The molecule has 0 bridgehead atoms. The lowest BCUT2D eigenvalue weighted by Gasteiger charge is -2.40. The smallest absolute Gasteiger partial charge is 0.307 e. The van der Waals surface area contributed by atoms with E-state index in [1.165, 1.54) is 6.07 Å². The number of hydrogen-bond acceptors (Lipinski definition) is 5. The summed E-state index contributed by atoms with van der Waals surface area (Å²) in [5.41, 5.74) is 3.68. The molecule has 0 aromatic carbocycles. The average Bonchev–Trinajstić information content (AvgIpc) is 2.68. The second kappa shape index (κ2) is 9.20. The van der Waals surface area contributed by atoms with Crippen molar-refractivity contribution in [1.82, 2.24) is 9.97 Å². The lowest BCUT2D eigenvalue weighted by molar-refractivity contribution is -0.136. The summed E-state index contributed by atoms with van der Waals surface area (Å²) < 4.78 is 20.2. The number of hydrogen-bond donors (Lipinski definition) is 1. The van der Waals surface area contributed by atoms with Crippen LogP contribution in [0.3, 0.4) is 0 Å². The van der Waals surface area contributed by atoms with Gasteiger partial charge >= 0.3 is 5.97 Å². The number of halogens is 1. The van der Waals surface area contributed by atoms with E-state index in [0.717, 1.165) is 31.6 Å². The fraction of sp³-hybridized carbons (Fsp3) is 0.542. The number of carboxylic acids is 1. The van der Waals surface area contributed by atoms with E-state index in [9.17, 15) is 14.3 Å². The Hall–Kier alpha value is -2.70. The molecule has 1 fully saturated rings. The first kappa shape index (κ1) is 23.0. The van der Waals surface area contributed by atoms with Crippen LogP contribution in [0.2, 0.25) is 0 Å². The highest BCUT2D eigenvalue weighted by molar-refractivity contribution is 5.84. The molecule has 2 aromatic rings. The number of aromatic nitrogens is 2. The van der Waals surface area contributed by atoms with E-state index in [2.05, 4.69) is 28.7 Å². The van der Waals surface area contributed by atoms with Crippen molar-refractivity contribution in [3.05, 3.63) is 35.5 Å². The van der Waals surface area contributed by atoms with E-state index in [-0.39, 0.29) is 23.6 Å². The van der Waals surface area contributed by atoms with Crippen LogP contribution in [0.4, 0.5) is 10.1 Å². The van der Waals surface area contributed by atoms with Crippen molar-refractivity contribution in [2.24, 2.45) is 11.3 Å². The Labute approximate surface area is 183 Å². The van der Waals surface area contributed by atoms with E-state index in [1.54, 1.807) is 12.4 Å². The number of ether oxygens (including phenoxy) is 1. The molecular formula is C24H32FN3O3. The van der Waals surface area contributed by atoms with Crippen LogP contribution in [-0.2, 0) is 11.2 Å². The molecule has 1 aliphatic heterocycles. The average molecular weight is 430 g/mol. The fourth-order valence-corrected chi connectivity index (χ4v) is 3.83. The van der Waals surface area contributed by atoms with E-state index >= 15 is 0 Å². The van der Waals surface area contributed by atoms with E-state index in [1.807, 2.05) is 20.8 Å². The van der Waals surface area contributed by atoms with Gasteiger partial charge in [0, 0.05) is 47.9 Å². The monoisotopic (exact) mass is 429 g/mol. The molecule has 0 aliphatic carbocycles. The Bertz CT molecular complexity index is 949. The topological polar surface area (TPSA) is 75.6 Å². The molecule has 7 heteroatoms. The van der Waals surface area contributed by atoms with Gasteiger partial charge in [-0.1, -0.05) is 27.7 Å². The number of piperidine rings is 1. The zero-order valence-corrected chi connectivity index (χ0v) is 19.0. The first-order chi connectivity index (χ1) is 14.6. The molecule has 0 unspecified atom stereocenters. The van der Waals surface area contributed by atoms with Gasteiger partial charge in [-0.2, -0.15) is 0 Å². The summed E-state index contributed by atoms with van der Waals surface area (Å²) in [4.78, 5) is 22.4. The summed E-state index contributed by atoms with van der Waals surface area (Å²) in [5, 5.41) is 9.51. The van der Waals surface area contributed by atoms with Crippen LogP contribution in [0.5, 0.6) is 5.88 Å². The largest absolute Gasteiger partial charge is 0.481 e.